The number of aliphatic hydroxyl groups is 5. The Morgan fingerprint density at radius 2 is 1.83 bits per heavy atom. The van der Waals surface area contributed by atoms with Crippen molar-refractivity contribution >= 4 is 5.97 Å². The van der Waals surface area contributed by atoms with Gasteiger partial charge in [-0.05, 0) is 31.6 Å². The number of ether oxygens (including phenoxy) is 3. The molecule has 172 valence electrons. The van der Waals surface area contributed by atoms with Crippen LogP contribution in [0.1, 0.15) is 39.5 Å². The molecule has 2 aliphatic heterocycles. The standard InChI is InChI=1S/C21H34O9/c1-9-11-5-6-21(2)13(23)4-3-10(14(21)18(11)30-19(9)27)8-28-20-17(26)16(25)15(24)12(7-22)29-20/h9-18,20,22-26H,3-8H2,1-2H3/t9-,10-,11-,12-,13+,14-,15+,16+,17+,18-,20+,21-/m0/s1. The van der Waals surface area contributed by atoms with Crippen LogP contribution in [0.3, 0.4) is 0 Å². The van der Waals surface area contributed by atoms with E-state index in [2.05, 4.69) is 6.92 Å². The van der Waals surface area contributed by atoms with Crippen LogP contribution in [0, 0.1) is 29.1 Å². The molecule has 0 bridgehead atoms. The number of esters is 1. The first-order valence-electron chi connectivity index (χ1n) is 11.0. The van der Waals surface area contributed by atoms with Crippen molar-refractivity contribution in [1.82, 2.24) is 0 Å². The molecule has 0 aromatic rings. The molecule has 4 fully saturated rings. The van der Waals surface area contributed by atoms with Gasteiger partial charge in [-0.25, -0.2) is 0 Å². The van der Waals surface area contributed by atoms with Gasteiger partial charge in [0.05, 0.1) is 25.2 Å². The van der Waals surface area contributed by atoms with Crippen LogP contribution in [0.15, 0.2) is 0 Å². The SMILES string of the molecule is C[C@@H]1C(=O)O[C@H]2[C@H]1CC[C@]1(C)[C@H]2[C@H](CO[C@@H]2O[C@@H](CO)[C@@H](O)[C@@H](O)[C@H]2O)CC[C@H]1O. The normalized spacial score (nSPS) is 53.7. The van der Waals surface area contributed by atoms with Crippen LogP contribution in [-0.4, -0.2) is 87.6 Å². The molecule has 0 spiro atoms. The van der Waals surface area contributed by atoms with Crippen molar-refractivity contribution in [2.24, 2.45) is 29.1 Å². The molecule has 30 heavy (non-hydrogen) atoms. The van der Waals surface area contributed by atoms with E-state index in [4.69, 9.17) is 14.2 Å². The van der Waals surface area contributed by atoms with Crippen molar-refractivity contribution in [1.29, 1.82) is 0 Å². The number of carbonyl (C=O) groups is 1. The van der Waals surface area contributed by atoms with Crippen molar-refractivity contribution in [3.63, 3.8) is 0 Å². The van der Waals surface area contributed by atoms with E-state index in [1.54, 1.807) is 0 Å². The van der Waals surface area contributed by atoms with E-state index in [0.717, 1.165) is 12.8 Å². The third kappa shape index (κ3) is 3.48. The first kappa shape index (κ1) is 22.4. The molecule has 4 rings (SSSR count). The van der Waals surface area contributed by atoms with Gasteiger partial charge in [0.1, 0.15) is 30.5 Å². The summed E-state index contributed by atoms with van der Waals surface area (Å²) in [7, 11) is 0. The van der Waals surface area contributed by atoms with E-state index in [9.17, 15) is 30.3 Å². The first-order chi connectivity index (χ1) is 14.2. The molecule has 2 saturated heterocycles. The fourth-order valence-corrected chi connectivity index (χ4v) is 6.25. The molecule has 0 amide bonds. The molecule has 2 aliphatic carbocycles. The minimum absolute atomic E-state index is 0.0309. The van der Waals surface area contributed by atoms with Crippen molar-refractivity contribution < 1.29 is 44.5 Å². The van der Waals surface area contributed by atoms with E-state index in [0.29, 0.717) is 12.8 Å². The van der Waals surface area contributed by atoms with E-state index < -0.39 is 48.8 Å². The minimum Gasteiger partial charge on any atom is -0.462 e. The number of carbonyl (C=O) groups excluding carboxylic acids is 1. The lowest BCUT2D eigenvalue weighted by atomic mass is 9.52. The van der Waals surface area contributed by atoms with Gasteiger partial charge in [0.25, 0.3) is 0 Å². The predicted octanol–water partition coefficient (Wildman–Crippen LogP) is -0.832. The molecule has 2 heterocycles. The monoisotopic (exact) mass is 430 g/mol. The molecule has 2 saturated carbocycles. The Morgan fingerprint density at radius 3 is 2.53 bits per heavy atom. The highest BCUT2D eigenvalue weighted by molar-refractivity contribution is 5.75. The molecular formula is C21H34O9. The van der Waals surface area contributed by atoms with E-state index in [-0.39, 0.29) is 42.4 Å². The Morgan fingerprint density at radius 1 is 1.10 bits per heavy atom. The maximum absolute atomic E-state index is 12.2. The summed E-state index contributed by atoms with van der Waals surface area (Å²) in [6.45, 7) is 3.62. The lowest BCUT2D eigenvalue weighted by Crippen LogP contribution is -2.60. The molecule has 0 aromatic heterocycles. The lowest BCUT2D eigenvalue weighted by Gasteiger charge is -2.55. The molecule has 5 N–H and O–H groups in total. The quantitative estimate of drug-likeness (QED) is 0.361. The summed E-state index contributed by atoms with van der Waals surface area (Å²) in [5, 5.41) is 50.3. The highest BCUT2D eigenvalue weighted by Crippen LogP contribution is 2.58. The molecule has 9 heteroatoms. The average molecular weight is 430 g/mol. The second kappa shape index (κ2) is 8.27. The van der Waals surface area contributed by atoms with E-state index in [1.165, 1.54) is 0 Å². The van der Waals surface area contributed by atoms with Gasteiger partial charge >= 0.3 is 5.97 Å². The van der Waals surface area contributed by atoms with E-state index >= 15 is 0 Å². The van der Waals surface area contributed by atoms with Crippen LogP contribution >= 0.6 is 0 Å². The minimum atomic E-state index is -1.49. The molecule has 0 unspecified atom stereocenters. The maximum atomic E-state index is 12.2. The van der Waals surface area contributed by atoms with Gasteiger partial charge < -0.3 is 39.7 Å². The zero-order chi connectivity index (χ0) is 21.8. The first-order valence-corrected chi connectivity index (χ1v) is 11.0. The molecule has 9 nitrogen and oxygen atoms in total. The molecule has 0 radical (unpaired) electrons. The summed E-state index contributed by atoms with van der Waals surface area (Å²) < 4.78 is 17.1. The third-order valence-corrected chi connectivity index (χ3v) is 8.22. The second-order valence-electron chi connectivity index (χ2n) is 9.81. The fourth-order valence-electron chi connectivity index (χ4n) is 6.25. The summed E-state index contributed by atoms with van der Waals surface area (Å²) in [4.78, 5) is 12.2. The van der Waals surface area contributed by atoms with Gasteiger partial charge in [0.2, 0.25) is 0 Å². The van der Waals surface area contributed by atoms with Crippen LogP contribution in [-0.2, 0) is 19.0 Å². The third-order valence-electron chi connectivity index (χ3n) is 8.22. The van der Waals surface area contributed by atoms with Crippen LogP contribution in [0.5, 0.6) is 0 Å². The number of fused-ring (bicyclic) bond motifs is 3. The molecule has 4 aliphatic rings. The van der Waals surface area contributed by atoms with Gasteiger partial charge in [-0.3, -0.25) is 4.79 Å². The predicted molar refractivity (Wildman–Crippen MR) is 102 cm³/mol. The Kier molecular flexibility index (Phi) is 6.17. The van der Waals surface area contributed by atoms with Crippen LogP contribution < -0.4 is 0 Å². The topological polar surface area (TPSA) is 146 Å². The average Bonchev–Trinajstić information content (AvgIpc) is 3.01. The summed E-state index contributed by atoms with van der Waals surface area (Å²) in [6, 6.07) is 0. The van der Waals surface area contributed by atoms with Crippen molar-refractivity contribution in [3.05, 3.63) is 0 Å². The van der Waals surface area contributed by atoms with Gasteiger partial charge in [0.15, 0.2) is 6.29 Å². The van der Waals surface area contributed by atoms with Crippen LogP contribution in [0.4, 0.5) is 0 Å². The van der Waals surface area contributed by atoms with Crippen molar-refractivity contribution in [3.8, 4) is 0 Å². The number of rotatable bonds is 4. The summed E-state index contributed by atoms with van der Waals surface area (Å²) >= 11 is 0. The lowest BCUT2D eigenvalue weighted by molar-refractivity contribution is -0.306. The number of hydrogen-bond donors (Lipinski definition) is 5. The van der Waals surface area contributed by atoms with Gasteiger partial charge in [-0.15, -0.1) is 0 Å². The molecule has 0 aromatic carbocycles. The highest BCUT2D eigenvalue weighted by atomic mass is 16.7. The van der Waals surface area contributed by atoms with Crippen molar-refractivity contribution in [2.45, 2.75) is 82.4 Å². The Bertz CT molecular complexity index is 642. The maximum Gasteiger partial charge on any atom is 0.309 e. The smallest absolute Gasteiger partial charge is 0.309 e. The largest absolute Gasteiger partial charge is 0.462 e. The Hall–Kier alpha value is -0.810. The summed E-state index contributed by atoms with van der Waals surface area (Å²) in [5.41, 5.74) is -0.396. The Balaban J connectivity index is 1.50. The van der Waals surface area contributed by atoms with E-state index in [1.807, 2.05) is 6.92 Å². The van der Waals surface area contributed by atoms with Gasteiger partial charge in [-0.1, -0.05) is 13.8 Å². The van der Waals surface area contributed by atoms with Gasteiger partial charge in [0, 0.05) is 17.3 Å². The summed E-state index contributed by atoms with van der Waals surface area (Å²) in [5.74, 6) is -0.348. The number of aliphatic hydroxyl groups excluding tert-OH is 5. The fraction of sp³-hybridized carbons (Fsp3) is 0.952. The van der Waals surface area contributed by atoms with Crippen LogP contribution in [0.2, 0.25) is 0 Å². The molecular weight excluding hydrogens is 396 g/mol. The van der Waals surface area contributed by atoms with Crippen LogP contribution in [0.25, 0.3) is 0 Å². The van der Waals surface area contributed by atoms with Gasteiger partial charge in [-0.2, -0.15) is 0 Å². The molecule has 12 atom stereocenters. The number of hydrogen-bond acceptors (Lipinski definition) is 9. The summed E-state index contributed by atoms with van der Waals surface area (Å²) in [6.07, 6.45) is -4.43. The highest BCUT2D eigenvalue weighted by Gasteiger charge is 2.60. The zero-order valence-electron chi connectivity index (χ0n) is 17.5. The zero-order valence-corrected chi connectivity index (χ0v) is 17.5. The second-order valence-corrected chi connectivity index (χ2v) is 9.81. The van der Waals surface area contributed by atoms with Crippen molar-refractivity contribution in [2.75, 3.05) is 13.2 Å². The Labute approximate surface area is 175 Å².